The average Bonchev–Trinajstić information content (AvgIpc) is 2.40. The number of halogens is 1. The first-order valence-electron chi connectivity index (χ1n) is 5.99. The van der Waals surface area contributed by atoms with Gasteiger partial charge in [0.05, 0.1) is 0 Å². The Morgan fingerprint density at radius 3 is 2.47 bits per heavy atom. The minimum atomic E-state index is 0.833. The van der Waals surface area contributed by atoms with E-state index in [2.05, 4.69) is 34.5 Å². The van der Waals surface area contributed by atoms with Crippen LogP contribution in [0.2, 0.25) is 5.02 Å². The van der Waals surface area contributed by atoms with Crippen molar-refractivity contribution in [1.29, 1.82) is 0 Å². The van der Waals surface area contributed by atoms with Crippen LogP contribution in [0.1, 0.15) is 0 Å². The summed E-state index contributed by atoms with van der Waals surface area (Å²) in [6, 6.07) is 12.5. The predicted octanol–water partition coefficient (Wildman–Crippen LogP) is 2.90. The number of nitrogens with one attached hydrogen (secondary N) is 1. The molecule has 0 saturated carbocycles. The molecule has 0 aliphatic carbocycles. The number of benzene rings is 2. The van der Waals surface area contributed by atoms with E-state index in [1.54, 1.807) is 0 Å². The van der Waals surface area contributed by atoms with Gasteiger partial charge in [-0.3, -0.25) is 0 Å². The molecule has 3 heteroatoms. The van der Waals surface area contributed by atoms with E-state index in [9.17, 15) is 0 Å². The third-order valence-electron chi connectivity index (χ3n) is 3.30. The van der Waals surface area contributed by atoms with E-state index < -0.39 is 0 Å². The summed E-state index contributed by atoms with van der Waals surface area (Å²) in [7, 11) is 0. The molecule has 3 rings (SSSR count). The van der Waals surface area contributed by atoms with Crippen molar-refractivity contribution in [2.45, 2.75) is 0 Å². The van der Waals surface area contributed by atoms with Crippen LogP contribution >= 0.6 is 11.6 Å². The van der Waals surface area contributed by atoms with Crippen molar-refractivity contribution in [2.75, 3.05) is 31.1 Å². The zero-order valence-electron chi connectivity index (χ0n) is 9.62. The van der Waals surface area contributed by atoms with Gasteiger partial charge < -0.3 is 10.2 Å². The number of anilines is 1. The quantitative estimate of drug-likeness (QED) is 0.833. The molecule has 0 radical (unpaired) electrons. The highest BCUT2D eigenvalue weighted by Crippen LogP contribution is 2.31. The summed E-state index contributed by atoms with van der Waals surface area (Å²) in [5, 5.41) is 6.60. The fourth-order valence-electron chi connectivity index (χ4n) is 2.44. The van der Waals surface area contributed by atoms with Crippen LogP contribution in [0, 0.1) is 0 Å². The van der Waals surface area contributed by atoms with Gasteiger partial charge in [0.1, 0.15) is 0 Å². The molecule has 2 aromatic carbocycles. The van der Waals surface area contributed by atoms with Crippen molar-refractivity contribution in [3.63, 3.8) is 0 Å². The molecule has 0 amide bonds. The molecular weight excluding hydrogens is 232 g/mol. The van der Waals surface area contributed by atoms with E-state index in [1.807, 2.05) is 12.1 Å². The van der Waals surface area contributed by atoms with Gasteiger partial charge in [-0.05, 0) is 12.1 Å². The normalized spacial score (nSPS) is 16.4. The van der Waals surface area contributed by atoms with Gasteiger partial charge in [0, 0.05) is 47.7 Å². The van der Waals surface area contributed by atoms with Gasteiger partial charge in [-0.2, -0.15) is 0 Å². The Morgan fingerprint density at radius 2 is 1.65 bits per heavy atom. The minimum Gasteiger partial charge on any atom is -0.368 e. The molecule has 88 valence electrons. The number of fused-ring (bicyclic) bond motifs is 1. The molecule has 1 aliphatic rings. The maximum atomic E-state index is 6.24. The first kappa shape index (κ1) is 10.9. The summed E-state index contributed by atoms with van der Waals surface area (Å²) in [5.74, 6) is 0. The average molecular weight is 247 g/mol. The van der Waals surface area contributed by atoms with E-state index in [-0.39, 0.29) is 0 Å². The minimum absolute atomic E-state index is 0.833. The lowest BCUT2D eigenvalue weighted by Crippen LogP contribution is -2.43. The molecule has 17 heavy (non-hydrogen) atoms. The lowest BCUT2D eigenvalue weighted by atomic mass is 10.1. The van der Waals surface area contributed by atoms with E-state index >= 15 is 0 Å². The van der Waals surface area contributed by atoms with Crippen molar-refractivity contribution in [3.05, 3.63) is 41.4 Å². The Labute approximate surface area is 106 Å². The van der Waals surface area contributed by atoms with Gasteiger partial charge in [-0.15, -0.1) is 0 Å². The van der Waals surface area contributed by atoms with Crippen molar-refractivity contribution in [1.82, 2.24) is 5.32 Å². The first-order valence-corrected chi connectivity index (χ1v) is 6.37. The molecule has 1 fully saturated rings. The summed E-state index contributed by atoms with van der Waals surface area (Å²) < 4.78 is 0. The second-order valence-corrected chi connectivity index (χ2v) is 4.76. The molecule has 1 heterocycles. The fraction of sp³-hybridized carbons (Fsp3) is 0.286. The third-order valence-corrected chi connectivity index (χ3v) is 3.63. The van der Waals surface area contributed by atoms with Crippen molar-refractivity contribution in [3.8, 4) is 0 Å². The molecule has 0 atom stereocenters. The maximum Gasteiger partial charge on any atom is 0.0485 e. The van der Waals surface area contributed by atoms with E-state index in [1.165, 1.54) is 11.1 Å². The van der Waals surface area contributed by atoms with Gasteiger partial charge in [-0.25, -0.2) is 0 Å². The fourth-order valence-corrected chi connectivity index (χ4v) is 2.67. The molecule has 0 spiro atoms. The molecule has 2 nitrogen and oxygen atoms in total. The zero-order valence-corrected chi connectivity index (χ0v) is 10.4. The summed E-state index contributed by atoms with van der Waals surface area (Å²) in [6.07, 6.45) is 0. The number of piperazine rings is 1. The van der Waals surface area contributed by atoms with Crippen LogP contribution in [0.5, 0.6) is 0 Å². The molecule has 0 unspecified atom stereocenters. The smallest absolute Gasteiger partial charge is 0.0485 e. The van der Waals surface area contributed by atoms with Crippen molar-refractivity contribution in [2.24, 2.45) is 0 Å². The Balaban J connectivity index is 2.12. The van der Waals surface area contributed by atoms with Crippen LogP contribution in [0.15, 0.2) is 36.4 Å². The SMILES string of the molecule is Clc1cccc2c(N3CCNCC3)cccc12. The van der Waals surface area contributed by atoms with Crippen LogP contribution in [-0.2, 0) is 0 Å². The zero-order chi connectivity index (χ0) is 11.7. The largest absolute Gasteiger partial charge is 0.368 e. The van der Waals surface area contributed by atoms with E-state index in [0.717, 1.165) is 36.6 Å². The number of rotatable bonds is 1. The number of hydrogen-bond donors (Lipinski definition) is 1. The summed E-state index contributed by atoms with van der Waals surface area (Å²) >= 11 is 6.24. The van der Waals surface area contributed by atoms with Crippen LogP contribution < -0.4 is 10.2 Å². The Morgan fingerprint density at radius 1 is 0.941 bits per heavy atom. The highest BCUT2D eigenvalue weighted by Gasteiger charge is 2.13. The van der Waals surface area contributed by atoms with Crippen LogP contribution in [0.4, 0.5) is 5.69 Å². The number of nitrogens with zero attached hydrogens (tertiary/aromatic N) is 1. The highest BCUT2D eigenvalue weighted by molar-refractivity contribution is 6.35. The van der Waals surface area contributed by atoms with Crippen molar-refractivity contribution >= 4 is 28.1 Å². The third kappa shape index (κ3) is 1.99. The molecule has 1 saturated heterocycles. The summed E-state index contributed by atoms with van der Waals surface area (Å²) in [4.78, 5) is 2.43. The molecule has 1 N–H and O–H groups in total. The monoisotopic (exact) mass is 246 g/mol. The van der Waals surface area contributed by atoms with E-state index in [4.69, 9.17) is 11.6 Å². The number of hydrogen-bond acceptors (Lipinski definition) is 2. The Kier molecular flexibility index (Phi) is 2.91. The first-order chi connectivity index (χ1) is 8.36. The van der Waals surface area contributed by atoms with Crippen molar-refractivity contribution < 1.29 is 0 Å². The van der Waals surface area contributed by atoms with Gasteiger partial charge in [0.25, 0.3) is 0 Å². The summed E-state index contributed by atoms with van der Waals surface area (Å²) in [6.45, 7) is 4.23. The van der Waals surface area contributed by atoms with Crippen LogP contribution in [-0.4, -0.2) is 26.2 Å². The van der Waals surface area contributed by atoms with Gasteiger partial charge >= 0.3 is 0 Å². The Bertz CT molecular complexity index is 533. The lowest BCUT2D eigenvalue weighted by molar-refractivity contribution is 0.590. The second-order valence-electron chi connectivity index (χ2n) is 4.35. The predicted molar refractivity (Wildman–Crippen MR) is 74.0 cm³/mol. The second kappa shape index (κ2) is 4.55. The Hall–Kier alpha value is -1.25. The standard InChI is InChI=1S/C14H15ClN2/c15-13-5-1-4-12-11(13)3-2-6-14(12)17-9-7-16-8-10-17/h1-6,16H,7-10H2. The lowest BCUT2D eigenvalue weighted by Gasteiger charge is -2.30. The van der Waals surface area contributed by atoms with Gasteiger partial charge in [-0.1, -0.05) is 35.9 Å². The highest BCUT2D eigenvalue weighted by atomic mass is 35.5. The molecule has 0 aromatic heterocycles. The van der Waals surface area contributed by atoms with E-state index in [0.29, 0.717) is 0 Å². The topological polar surface area (TPSA) is 15.3 Å². The molecule has 1 aliphatic heterocycles. The van der Waals surface area contributed by atoms with Gasteiger partial charge in [0.2, 0.25) is 0 Å². The molecule has 2 aromatic rings. The maximum absolute atomic E-state index is 6.24. The molecular formula is C14H15ClN2. The van der Waals surface area contributed by atoms with Crippen LogP contribution in [0.3, 0.4) is 0 Å². The van der Waals surface area contributed by atoms with Crippen LogP contribution in [0.25, 0.3) is 10.8 Å². The molecule has 0 bridgehead atoms. The summed E-state index contributed by atoms with van der Waals surface area (Å²) in [5.41, 5.74) is 1.30. The van der Waals surface area contributed by atoms with Gasteiger partial charge in [0.15, 0.2) is 0 Å².